The monoisotopic (exact) mass is 244 g/mol. The van der Waals surface area contributed by atoms with E-state index in [-0.39, 0.29) is 11.3 Å². The van der Waals surface area contributed by atoms with Crippen molar-refractivity contribution in [1.29, 1.82) is 0 Å². The number of aliphatic hydroxyl groups excluding tert-OH is 2. The first-order valence-electron chi connectivity index (χ1n) is 4.82. The van der Waals surface area contributed by atoms with Crippen molar-refractivity contribution >= 4 is 17.7 Å². The minimum atomic E-state index is -1.41. The van der Waals surface area contributed by atoms with Gasteiger partial charge in [0.05, 0.1) is 12.2 Å². The van der Waals surface area contributed by atoms with Crippen LogP contribution in [-0.4, -0.2) is 46.7 Å². The number of carbonyl (C=O) groups is 3. The Morgan fingerprint density at radius 3 is 2.59 bits per heavy atom. The lowest BCUT2D eigenvalue weighted by Gasteiger charge is -2.17. The molecule has 17 heavy (non-hydrogen) atoms. The Balaban J connectivity index is 2.94. The molecule has 0 aliphatic carbocycles. The van der Waals surface area contributed by atoms with Crippen molar-refractivity contribution in [3.8, 4) is 0 Å². The summed E-state index contributed by atoms with van der Waals surface area (Å²) in [5.41, 5.74) is -0.0166. The number of Topliss-reactive ketones (excluding diaryl/α,β-unsaturated/α-hetero) is 1. The van der Waals surface area contributed by atoms with E-state index in [0.717, 1.165) is 6.92 Å². The van der Waals surface area contributed by atoms with E-state index in [1.54, 1.807) is 0 Å². The number of esters is 2. The van der Waals surface area contributed by atoms with Crippen molar-refractivity contribution < 1.29 is 34.1 Å². The molecule has 0 bridgehead atoms. The molecule has 0 spiro atoms. The molecule has 1 heterocycles. The Hall–Kier alpha value is -1.73. The first kappa shape index (κ1) is 13.3. The van der Waals surface area contributed by atoms with Gasteiger partial charge in [0.15, 0.2) is 11.9 Å². The van der Waals surface area contributed by atoms with Gasteiger partial charge in [0, 0.05) is 6.92 Å². The predicted molar refractivity (Wildman–Crippen MR) is 52.4 cm³/mol. The molecule has 2 atom stereocenters. The molecule has 0 aromatic rings. The van der Waals surface area contributed by atoms with Crippen LogP contribution in [0.3, 0.4) is 0 Å². The predicted octanol–water partition coefficient (Wildman–Crippen LogP) is -1.33. The molecule has 0 amide bonds. The number of rotatable bonds is 4. The molecule has 2 N–H and O–H groups in total. The minimum absolute atomic E-state index is 0.0166. The Bertz CT molecular complexity index is 395. The number of hydrogen-bond acceptors (Lipinski definition) is 7. The van der Waals surface area contributed by atoms with Crippen molar-refractivity contribution in [1.82, 2.24) is 0 Å². The highest BCUT2D eigenvalue weighted by Crippen LogP contribution is 2.26. The molecular weight excluding hydrogens is 232 g/mol. The van der Waals surface area contributed by atoms with Crippen LogP contribution >= 0.6 is 0 Å². The topological polar surface area (TPSA) is 110 Å². The van der Waals surface area contributed by atoms with Gasteiger partial charge in [-0.15, -0.1) is 0 Å². The van der Waals surface area contributed by atoms with Crippen LogP contribution in [0.5, 0.6) is 0 Å². The second-order valence-electron chi connectivity index (χ2n) is 3.51. The first-order chi connectivity index (χ1) is 7.88. The number of cyclic esters (lactones) is 1. The molecule has 0 radical (unpaired) electrons. The van der Waals surface area contributed by atoms with Crippen molar-refractivity contribution in [3.05, 3.63) is 11.3 Å². The molecule has 7 nitrogen and oxygen atoms in total. The van der Waals surface area contributed by atoms with Crippen LogP contribution in [0.25, 0.3) is 0 Å². The summed E-state index contributed by atoms with van der Waals surface area (Å²) >= 11 is 0. The average molecular weight is 244 g/mol. The maximum absolute atomic E-state index is 11.2. The summed E-state index contributed by atoms with van der Waals surface area (Å²) in [6, 6.07) is 0. The fraction of sp³-hybridized carbons (Fsp3) is 0.500. The van der Waals surface area contributed by atoms with E-state index in [4.69, 9.17) is 9.84 Å². The van der Waals surface area contributed by atoms with Gasteiger partial charge < -0.3 is 19.7 Å². The van der Waals surface area contributed by atoms with Crippen LogP contribution in [0.4, 0.5) is 0 Å². The van der Waals surface area contributed by atoms with Crippen LogP contribution in [0.2, 0.25) is 0 Å². The lowest BCUT2D eigenvalue weighted by molar-refractivity contribution is -0.154. The quantitative estimate of drug-likeness (QED) is 0.465. The van der Waals surface area contributed by atoms with Gasteiger partial charge in [-0.25, -0.2) is 9.59 Å². The van der Waals surface area contributed by atoms with E-state index in [0.29, 0.717) is 0 Å². The molecule has 2 unspecified atom stereocenters. The van der Waals surface area contributed by atoms with Gasteiger partial charge in [0.1, 0.15) is 6.10 Å². The van der Waals surface area contributed by atoms with E-state index in [2.05, 4.69) is 4.74 Å². The van der Waals surface area contributed by atoms with Crippen molar-refractivity contribution in [2.24, 2.45) is 0 Å². The second kappa shape index (κ2) is 5.07. The van der Waals surface area contributed by atoms with Gasteiger partial charge in [-0.1, -0.05) is 0 Å². The van der Waals surface area contributed by atoms with Crippen LogP contribution in [0, 0.1) is 0 Å². The molecule has 1 aliphatic rings. The molecule has 0 aromatic heterocycles. The van der Waals surface area contributed by atoms with Crippen LogP contribution < -0.4 is 0 Å². The number of carbonyl (C=O) groups excluding carboxylic acids is 3. The zero-order chi connectivity index (χ0) is 13.2. The normalized spacial score (nSPS) is 21.2. The number of hydrogen-bond donors (Lipinski definition) is 2. The molecule has 1 rings (SSSR count). The zero-order valence-electron chi connectivity index (χ0n) is 9.30. The summed E-state index contributed by atoms with van der Waals surface area (Å²) in [6.45, 7) is 1.66. The number of ether oxygens (including phenoxy) is 2. The molecule has 0 saturated heterocycles. The first-order valence-corrected chi connectivity index (χ1v) is 4.82. The van der Waals surface area contributed by atoms with Gasteiger partial charge in [-0.3, -0.25) is 4.79 Å². The molecule has 0 saturated carbocycles. The third kappa shape index (κ3) is 2.69. The van der Waals surface area contributed by atoms with E-state index < -0.39 is 36.5 Å². The highest BCUT2D eigenvalue weighted by Gasteiger charge is 2.39. The highest BCUT2D eigenvalue weighted by atomic mass is 16.6. The molecule has 94 valence electrons. The van der Waals surface area contributed by atoms with Crippen molar-refractivity contribution in [2.75, 3.05) is 6.61 Å². The molecular formula is C10H12O7. The maximum atomic E-state index is 11.2. The third-order valence-corrected chi connectivity index (χ3v) is 2.19. The van der Waals surface area contributed by atoms with E-state index in [1.807, 2.05) is 0 Å². The second-order valence-corrected chi connectivity index (χ2v) is 3.51. The minimum Gasteiger partial charge on any atom is -0.448 e. The highest BCUT2D eigenvalue weighted by molar-refractivity contribution is 6.32. The Labute approximate surface area is 96.6 Å². The van der Waals surface area contributed by atoms with Gasteiger partial charge in [0.25, 0.3) is 0 Å². The Morgan fingerprint density at radius 1 is 1.53 bits per heavy atom. The third-order valence-electron chi connectivity index (χ3n) is 2.19. The summed E-state index contributed by atoms with van der Waals surface area (Å²) < 4.78 is 9.37. The number of aliphatic hydroxyl groups is 2. The summed E-state index contributed by atoms with van der Waals surface area (Å²) in [5, 5.41) is 18.1. The van der Waals surface area contributed by atoms with Gasteiger partial charge in [-0.2, -0.15) is 0 Å². The summed E-state index contributed by atoms with van der Waals surface area (Å²) in [4.78, 5) is 33.0. The Kier molecular flexibility index (Phi) is 3.97. The summed E-state index contributed by atoms with van der Waals surface area (Å²) in [6.07, 6.45) is -2.68. The van der Waals surface area contributed by atoms with Gasteiger partial charge in [0.2, 0.25) is 5.78 Å². The van der Waals surface area contributed by atoms with Crippen LogP contribution in [0.1, 0.15) is 13.8 Å². The van der Waals surface area contributed by atoms with E-state index >= 15 is 0 Å². The molecule has 0 fully saturated rings. The Morgan fingerprint density at radius 2 is 2.12 bits per heavy atom. The standard InChI is InChI=1S/C10H12O7/c1-4-7(16-10(15)5(2)12)8(6(13)3-11)17-9(4)14/h6,8,11,13H,3H2,1-2H3. The molecule has 7 heteroatoms. The van der Waals surface area contributed by atoms with Crippen molar-refractivity contribution in [3.63, 3.8) is 0 Å². The largest absolute Gasteiger partial charge is 0.448 e. The van der Waals surface area contributed by atoms with Gasteiger partial charge in [-0.05, 0) is 6.92 Å². The fourth-order valence-corrected chi connectivity index (χ4v) is 1.23. The molecule has 0 aromatic carbocycles. The van der Waals surface area contributed by atoms with Gasteiger partial charge >= 0.3 is 11.9 Å². The van der Waals surface area contributed by atoms with Crippen molar-refractivity contribution in [2.45, 2.75) is 26.1 Å². The summed E-state index contributed by atoms with van der Waals surface area (Å²) in [7, 11) is 0. The van der Waals surface area contributed by atoms with E-state index in [1.165, 1.54) is 6.92 Å². The maximum Gasteiger partial charge on any atom is 0.379 e. The SMILES string of the molecule is CC(=O)C(=O)OC1=C(C)C(=O)OC1C(O)CO. The van der Waals surface area contributed by atoms with Crippen LogP contribution in [0.15, 0.2) is 11.3 Å². The fourth-order valence-electron chi connectivity index (χ4n) is 1.23. The van der Waals surface area contributed by atoms with Crippen LogP contribution in [-0.2, 0) is 23.9 Å². The summed E-state index contributed by atoms with van der Waals surface area (Å²) in [5.74, 6) is -3.01. The molecule has 1 aliphatic heterocycles. The van der Waals surface area contributed by atoms with E-state index in [9.17, 15) is 19.5 Å². The lowest BCUT2D eigenvalue weighted by atomic mass is 10.1. The zero-order valence-corrected chi connectivity index (χ0v) is 9.30. The average Bonchev–Trinajstić information content (AvgIpc) is 2.56. The smallest absolute Gasteiger partial charge is 0.379 e. The lowest BCUT2D eigenvalue weighted by Crippen LogP contribution is -2.33. The number of ketones is 1.